The summed E-state index contributed by atoms with van der Waals surface area (Å²) in [5, 5.41) is 4.62. The highest BCUT2D eigenvalue weighted by Gasteiger charge is 2.13. The molecule has 3 nitrogen and oxygen atoms in total. The third-order valence-corrected chi connectivity index (χ3v) is 3.09. The number of aromatic nitrogens is 3. The number of fused-ring (bicyclic) bond motifs is 1. The second-order valence-corrected chi connectivity index (χ2v) is 4.42. The van der Waals surface area contributed by atoms with Crippen molar-refractivity contribution in [3.8, 4) is 11.4 Å². The lowest BCUT2D eigenvalue weighted by Gasteiger charge is -2.11. The van der Waals surface area contributed by atoms with Gasteiger partial charge in [0, 0.05) is 18.4 Å². The molecular formula is C13H15N3. The van der Waals surface area contributed by atoms with E-state index < -0.39 is 0 Å². The van der Waals surface area contributed by atoms with Crippen molar-refractivity contribution >= 4 is 0 Å². The molecule has 0 N–H and O–H groups in total. The lowest BCUT2D eigenvalue weighted by molar-refractivity contribution is 0.487. The van der Waals surface area contributed by atoms with E-state index in [0.29, 0.717) is 0 Å². The number of hydrogen-bond donors (Lipinski definition) is 0. The average molecular weight is 213 g/mol. The quantitative estimate of drug-likeness (QED) is 0.729. The summed E-state index contributed by atoms with van der Waals surface area (Å²) in [5.41, 5.74) is 4.59. The van der Waals surface area contributed by atoms with Crippen LogP contribution in [0.25, 0.3) is 11.4 Å². The summed E-state index contributed by atoms with van der Waals surface area (Å²) < 4.78 is 2.13. The lowest BCUT2D eigenvalue weighted by Crippen LogP contribution is -2.10. The molecule has 82 valence electrons. The number of nitrogens with zero attached hydrogens (tertiary/aromatic N) is 3. The van der Waals surface area contributed by atoms with Crippen LogP contribution in [0.5, 0.6) is 0 Å². The van der Waals surface area contributed by atoms with Crippen molar-refractivity contribution < 1.29 is 0 Å². The van der Waals surface area contributed by atoms with Crippen LogP contribution in [0.2, 0.25) is 0 Å². The van der Waals surface area contributed by atoms with Crippen molar-refractivity contribution in [2.75, 3.05) is 0 Å². The molecule has 0 aromatic carbocycles. The average Bonchev–Trinajstić information content (AvgIpc) is 2.72. The van der Waals surface area contributed by atoms with E-state index in [0.717, 1.165) is 24.4 Å². The molecule has 1 aliphatic heterocycles. The summed E-state index contributed by atoms with van der Waals surface area (Å²) in [6.07, 6.45) is 5.53. The lowest BCUT2D eigenvalue weighted by atomic mass is 10.1. The fourth-order valence-corrected chi connectivity index (χ4v) is 2.22. The summed E-state index contributed by atoms with van der Waals surface area (Å²) in [4.78, 5) is 4.38. The van der Waals surface area contributed by atoms with Crippen molar-refractivity contribution in [2.24, 2.45) is 0 Å². The van der Waals surface area contributed by atoms with Crippen molar-refractivity contribution in [1.29, 1.82) is 0 Å². The summed E-state index contributed by atoms with van der Waals surface area (Å²) in [7, 11) is 0. The van der Waals surface area contributed by atoms with Gasteiger partial charge >= 0.3 is 0 Å². The first-order chi connectivity index (χ1) is 7.83. The van der Waals surface area contributed by atoms with Crippen molar-refractivity contribution in [3.63, 3.8) is 0 Å². The minimum atomic E-state index is 0.988. The fourth-order valence-electron chi connectivity index (χ4n) is 2.22. The van der Waals surface area contributed by atoms with Crippen LogP contribution >= 0.6 is 0 Å². The third kappa shape index (κ3) is 1.62. The Morgan fingerprint density at radius 3 is 2.94 bits per heavy atom. The fraction of sp³-hybridized carbons (Fsp3) is 0.385. The van der Waals surface area contributed by atoms with Crippen molar-refractivity contribution in [3.05, 3.63) is 35.7 Å². The van der Waals surface area contributed by atoms with E-state index >= 15 is 0 Å². The maximum absolute atomic E-state index is 4.62. The minimum Gasteiger partial charge on any atom is -0.269 e. The molecule has 3 heteroatoms. The molecular weight excluding hydrogens is 198 g/mol. The SMILES string of the molecule is Cc1ccnc(-c2cc3n(n2)CCCC3)c1. The summed E-state index contributed by atoms with van der Waals surface area (Å²) in [5.74, 6) is 0. The zero-order valence-electron chi connectivity index (χ0n) is 9.48. The molecule has 0 spiro atoms. The van der Waals surface area contributed by atoms with Gasteiger partial charge in [-0.1, -0.05) is 0 Å². The first kappa shape index (κ1) is 9.58. The Kier molecular flexibility index (Phi) is 2.24. The molecule has 0 unspecified atom stereocenters. The van der Waals surface area contributed by atoms with Gasteiger partial charge in [0.05, 0.1) is 5.69 Å². The molecule has 0 fully saturated rings. The first-order valence-corrected chi connectivity index (χ1v) is 5.83. The Hall–Kier alpha value is -1.64. The summed E-state index contributed by atoms with van der Waals surface area (Å²) in [6, 6.07) is 6.29. The largest absolute Gasteiger partial charge is 0.269 e. The van der Waals surface area contributed by atoms with Gasteiger partial charge in [-0.05, 0) is 49.9 Å². The van der Waals surface area contributed by atoms with E-state index in [1.165, 1.54) is 24.1 Å². The molecule has 3 heterocycles. The van der Waals surface area contributed by atoms with E-state index in [9.17, 15) is 0 Å². The van der Waals surface area contributed by atoms with Crippen LogP contribution in [0, 0.1) is 6.92 Å². The molecule has 0 atom stereocenters. The zero-order chi connectivity index (χ0) is 11.0. The standard InChI is InChI=1S/C13H15N3/c1-10-5-6-14-12(8-10)13-9-11-4-2-3-7-16(11)15-13/h5-6,8-9H,2-4,7H2,1H3. The van der Waals surface area contributed by atoms with E-state index in [1.54, 1.807) is 0 Å². The van der Waals surface area contributed by atoms with Gasteiger partial charge in [0.25, 0.3) is 0 Å². The molecule has 3 rings (SSSR count). The highest BCUT2D eigenvalue weighted by Crippen LogP contribution is 2.21. The van der Waals surface area contributed by atoms with Crippen LogP contribution in [0.15, 0.2) is 24.4 Å². The molecule has 0 amide bonds. The third-order valence-electron chi connectivity index (χ3n) is 3.09. The predicted octanol–water partition coefficient (Wildman–Crippen LogP) is 2.59. The Morgan fingerprint density at radius 1 is 1.19 bits per heavy atom. The van der Waals surface area contributed by atoms with Gasteiger partial charge in [0.2, 0.25) is 0 Å². The minimum absolute atomic E-state index is 0.988. The molecule has 16 heavy (non-hydrogen) atoms. The van der Waals surface area contributed by atoms with Crippen LogP contribution in [0.3, 0.4) is 0 Å². The number of aryl methyl sites for hydroxylation is 3. The predicted molar refractivity (Wildman–Crippen MR) is 63.1 cm³/mol. The molecule has 0 bridgehead atoms. The smallest absolute Gasteiger partial charge is 0.111 e. The Labute approximate surface area is 95.1 Å². The number of pyridine rings is 1. The monoisotopic (exact) mass is 213 g/mol. The summed E-state index contributed by atoms with van der Waals surface area (Å²) >= 11 is 0. The van der Waals surface area contributed by atoms with Gasteiger partial charge in [-0.25, -0.2) is 0 Å². The Bertz CT molecular complexity index is 490. The van der Waals surface area contributed by atoms with Crippen LogP contribution in [-0.2, 0) is 13.0 Å². The molecule has 2 aromatic heterocycles. The first-order valence-electron chi connectivity index (χ1n) is 5.83. The van der Waals surface area contributed by atoms with E-state index in [2.05, 4.69) is 33.8 Å². The second kappa shape index (κ2) is 3.74. The van der Waals surface area contributed by atoms with Crippen molar-refractivity contribution in [1.82, 2.24) is 14.8 Å². The van der Waals surface area contributed by atoms with Gasteiger partial charge < -0.3 is 0 Å². The van der Waals surface area contributed by atoms with E-state index in [-0.39, 0.29) is 0 Å². The Balaban J connectivity index is 2.03. The molecule has 0 saturated carbocycles. The van der Waals surface area contributed by atoms with Crippen molar-refractivity contribution in [2.45, 2.75) is 32.7 Å². The highest BCUT2D eigenvalue weighted by molar-refractivity contribution is 5.55. The van der Waals surface area contributed by atoms with Gasteiger partial charge in [-0.15, -0.1) is 0 Å². The molecule has 0 saturated heterocycles. The van der Waals surface area contributed by atoms with Crippen LogP contribution in [0.1, 0.15) is 24.1 Å². The maximum Gasteiger partial charge on any atom is 0.111 e. The topological polar surface area (TPSA) is 30.7 Å². The zero-order valence-corrected chi connectivity index (χ0v) is 9.48. The number of hydrogen-bond acceptors (Lipinski definition) is 2. The molecule has 0 aliphatic carbocycles. The molecule has 1 aliphatic rings. The summed E-state index contributed by atoms with van der Waals surface area (Å²) in [6.45, 7) is 3.14. The molecule has 0 radical (unpaired) electrons. The normalized spacial score (nSPS) is 14.8. The number of rotatable bonds is 1. The van der Waals surface area contributed by atoms with Gasteiger partial charge in [-0.2, -0.15) is 5.10 Å². The maximum atomic E-state index is 4.62. The second-order valence-electron chi connectivity index (χ2n) is 4.42. The van der Waals surface area contributed by atoms with Gasteiger partial charge in [-0.3, -0.25) is 9.67 Å². The van der Waals surface area contributed by atoms with E-state index in [1.807, 2.05) is 12.3 Å². The Morgan fingerprint density at radius 2 is 2.12 bits per heavy atom. The van der Waals surface area contributed by atoms with Crippen LogP contribution in [-0.4, -0.2) is 14.8 Å². The highest BCUT2D eigenvalue weighted by atomic mass is 15.3. The van der Waals surface area contributed by atoms with Crippen LogP contribution in [0.4, 0.5) is 0 Å². The van der Waals surface area contributed by atoms with Gasteiger partial charge in [0.1, 0.15) is 5.69 Å². The van der Waals surface area contributed by atoms with Gasteiger partial charge in [0.15, 0.2) is 0 Å². The molecule has 2 aromatic rings. The van der Waals surface area contributed by atoms with Crippen LogP contribution < -0.4 is 0 Å². The van der Waals surface area contributed by atoms with E-state index in [4.69, 9.17) is 0 Å².